The van der Waals surface area contributed by atoms with Crippen molar-refractivity contribution < 1.29 is 4.79 Å². The van der Waals surface area contributed by atoms with Gasteiger partial charge in [-0.3, -0.25) is 4.79 Å². The molecule has 1 rings (SSSR count). The van der Waals surface area contributed by atoms with Crippen LogP contribution in [-0.2, 0) is 4.79 Å². The maximum atomic E-state index is 10.7. The van der Waals surface area contributed by atoms with Crippen molar-refractivity contribution in [3.8, 4) is 0 Å². The lowest BCUT2D eigenvalue weighted by atomic mass is 10.1. The van der Waals surface area contributed by atoms with Gasteiger partial charge in [0.05, 0.1) is 0 Å². The highest BCUT2D eigenvalue weighted by Gasteiger charge is 2.15. The van der Waals surface area contributed by atoms with E-state index in [2.05, 4.69) is 27.9 Å². The number of hydrogen-bond donors (Lipinski definition) is 1. The van der Waals surface area contributed by atoms with Crippen LogP contribution in [0.25, 0.3) is 0 Å². The van der Waals surface area contributed by atoms with Crippen LogP contribution in [0.3, 0.4) is 0 Å². The van der Waals surface area contributed by atoms with Crippen molar-refractivity contribution in [2.24, 2.45) is 0 Å². The maximum absolute atomic E-state index is 10.7. The van der Waals surface area contributed by atoms with Gasteiger partial charge >= 0.3 is 0 Å². The Morgan fingerprint density at radius 2 is 2.56 bits per heavy atom. The normalized spacial score (nSPS) is 27.7. The van der Waals surface area contributed by atoms with E-state index in [1.54, 1.807) is 0 Å². The van der Waals surface area contributed by atoms with Gasteiger partial charge in [0, 0.05) is 16.9 Å². The zero-order valence-corrected chi connectivity index (χ0v) is 7.35. The Hall–Kier alpha value is 0.200. The summed E-state index contributed by atoms with van der Waals surface area (Å²) < 4.78 is 1.05. The summed E-state index contributed by atoms with van der Waals surface area (Å²) in [6.45, 7) is 0. The quantitative estimate of drug-likeness (QED) is 0.538. The maximum Gasteiger partial charge on any atom is 0.220 e. The van der Waals surface area contributed by atoms with Crippen LogP contribution in [0.15, 0.2) is 0 Å². The van der Waals surface area contributed by atoms with Gasteiger partial charge in [-0.1, -0.05) is 22.6 Å². The van der Waals surface area contributed by atoms with Crippen LogP contribution in [0.4, 0.5) is 0 Å². The number of halogens is 1. The van der Waals surface area contributed by atoms with E-state index in [-0.39, 0.29) is 5.91 Å². The van der Waals surface area contributed by atoms with Gasteiger partial charge in [-0.15, -0.1) is 0 Å². The molecular weight excluding hydrogens is 229 g/mol. The van der Waals surface area contributed by atoms with Crippen molar-refractivity contribution in [1.29, 1.82) is 0 Å². The van der Waals surface area contributed by atoms with Gasteiger partial charge in [0.25, 0.3) is 0 Å². The molecule has 1 amide bonds. The largest absolute Gasteiger partial charge is 0.353 e. The first-order valence-corrected chi connectivity index (χ1v) is 4.71. The van der Waals surface area contributed by atoms with Crippen LogP contribution in [0.1, 0.15) is 19.3 Å². The van der Waals surface area contributed by atoms with Crippen molar-refractivity contribution in [2.75, 3.05) is 4.43 Å². The summed E-state index contributed by atoms with van der Waals surface area (Å²) in [5.74, 6) is 0.225. The number of piperidine rings is 1. The molecule has 0 aliphatic carbocycles. The second kappa shape index (κ2) is 3.39. The van der Waals surface area contributed by atoms with Crippen LogP contribution < -0.4 is 5.32 Å². The van der Waals surface area contributed by atoms with E-state index in [1.165, 1.54) is 0 Å². The van der Waals surface area contributed by atoms with Gasteiger partial charge in [0.1, 0.15) is 0 Å². The van der Waals surface area contributed by atoms with Gasteiger partial charge in [-0.05, 0) is 12.8 Å². The summed E-state index contributed by atoms with van der Waals surface area (Å²) in [7, 11) is 0. The number of carbonyl (C=O) groups is 1. The standard InChI is InChI=1S/C6H10INO/c7-4-5-2-1-3-6(9)8-5/h5H,1-4H2,(H,8,9). The minimum Gasteiger partial charge on any atom is -0.353 e. The predicted molar refractivity (Wildman–Crippen MR) is 44.7 cm³/mol. The topological polar surface area (TPSA) is 29.1 Å². The van der Waals surface area contributed by atoms with E-state index in [0.717, 1.165) is 23.7 Å². The Labute approximate surface area is 68.5 Å². The van der Waals surface area contributed by atoms with E-state index in [0.29, 0.717) is 6.04 Å². The third kappa shape index (κ3) is 2.12. The van der Waals surface area contributed by atoms with Gasteiger partial charge < -0.3 is 5.32 Å². The van der Waals surface area contributed by atoms with Gasteiger partial charge in [-0.25, -0.2) is 0 Å². The second-order valence-corrected chi connectivity index (χ2v) is 3.19. The van der Waals surface area contributed by atoms with Crippen LogP contribution >= 0.6 is 22.6 Å². The van der Waals surface area contributed by atoms with Gasteiger partial charge in [0.2, 0.25) is 5.91 Å². The minimum atomic E-state index is 0.225. The molecule has 0 spiro atoms. The molecule has 0 aromatic heterocycles. The lowest BCUT2D eigenvalue weighted by Crippen LogP contribution is -2.39. The fourth-order valence-electron chi connectivity index (χ4n) is 0.997. The molecule has 0 saturated carbocycles. The predicted octanol–water partition coefficient (Wildman–Crippen LogP) is 1.09. The molecular formula is C6H10INO. The Kier molecular flexibility index (Phi) is 2.75. The molecule has 0 bridgehead atoms. The lowest BCUT2D eigenvalue weighted by Gasteiger charge is -2.20. The average molecular weight is 239 g/mol. The van der Waals surface area contributed by atoms with Crippen molar-refractivity contribution in [3.05, 3.63) is 0 Å². The van der Waals surface area contributed by atoms with Crippen molar-refractivity contribution >= 4 is 28.5 Å². The molecule has 1 aliphatic heterocycles. The highest BCUT2D eigenvalue weighted by Crippen LogP contribution is 2.09. The van der Waals surface area contributed by atoms with E-state index >= 15 is 0 Å². The summed E-state index contributed by atoms with van der Waals surface area (Å²) in [5.41, 5.74) is 0. The fraction of sp³-hybridized carbons (Fsp3) is 0.833. The first kappa shape index (κ1) is 7.31. The Bertz CT molecular complexity index is 116. The SMILES string of the molecule is O=C1CCCC(CI)N1. The summed E-state index contributed by atoms with van der Waals surface area (Å²) in [6, 6.07) is 0.451. The molecule has 52 valence electrons. The van der Waals surface area contributed by atoms with Gasteiger partial charge in [0.15, 0.2) is 0 Å². The number of alkyl halides is 1. The lowest BCUT2D eigenvalue weighted by molar-refractivity contribution is -0.123. The molecule has 1 unspecified atom stereocenters. The molecule has 1 N–H and O–H groups in total. The monoisotopic (exact) mass is 239 g/mol. The Balaban J connectivity index is 2.32. The molecule has 1 aliphatic rings. The number of amides is 1. The van der Waals surface area contributed by atoms with Crippen LogP contribution in [0.5, 0.6) is 0 Å². The summed E-state index contributed by atoms with van der Waals surface area (Å²) >= 11 is 2.30. The van der Waals surface area contributed by atoms with E-state index in [9.17, 15) is 4.79 Å². The summed E-state index contributed by atoms with van der Waals surface area (Å²) in [6.07, 6.45) is 2.96. The fourth-order valence-corrected chi connectivity index (χ4v) is 1.66. The smallest absolute Gasteiger partial charge is 0.220 e. The van der Waals surface area contributed by atoms with E-state index in [4.69, 9.17) is 0 Å². The molecule has 1 heterocycles. The second-order valence-electron chi connectivity index (χ2n) is 2.31. The van der Waals surface area contributed by atoms with E-state index < -0.39 is 0 Å². The molecule has 0 radical (unpaired) electrons. The molecule has 0 aromatic carbocycles. The molecule has 3 heteroatoms. The number of carbonyl (C=O) groups excluding carboxylic acids is 1. The summed E-state index contributed by atoms with van der Waals surface area (Å²) in [5, 5.41) is 2.92. The molecule has 1 fully saturated rings. The average Bonchev–Trinajstić information content (AvgIpc) is 1.88. The van der Waals surface area contributed by atoms with Crippen LogP contribution in [0, 0.1) is 0 Å². The first-order chi connectivity index (χ1) is 4.33. The number of hydrogen-bond acceptors (Lipinski definition) is 1. The zero-order chi connectivity index (χ0) is 6.69. The summed E-state index contributed by atoms with van der Waals surface area (Å²) in [4.78, 5) is 10.7. The number of rotatable bonds is 1. The molecule has 1 atom stereocenters. The molecule has 1 saturated heterocycles. The first-order valence-electron chi connectivity index (χ1n) is 3.18. The van der Waals surface area contributed by atoms with Crippen LogP contribution in [0.2, 0.25) is 0 Å². The Morgan fingerprint density at radius 3 is 3.00 bits per heavy atom. The van der Waals surface area contributed by atoms with Crippen molar-refractivity contribution in [1.82, 2.24) is 5.32 Å². The molecule has 0 aromatic rings. The Morgan fingerprint density at radius 1 is 1.78 bits per heavy atom. The molecule has 2 nitrogen and oxygen atoms in total. The molecule has 9 heavy (non-hydrogen) atoms. The van der Waals surface area contributed by atoms with Crippen molar-refractivity contribution in [2.45, 2.75) is 25.3 Å². The van der Waals surface area contributed by atoms with Crippen molar-refractivity contribution in [3.63, 3.8) is 0 Å². The third-order valence-electron chi connectivity index (χ3n) is 1.51. The highest BCUT2D eigenvalue weighted by atomic mass is 127. The van der Waals surface area contributed by atoms with E-state index in [1.807, 2.05) is 0 Å². The minimum absolute atomic E-state index is 0.225. The number of nitrogens with one attached hydrogen (secondary N) is 1. The third-order valence-corrected chi connectivity index (χ3v) is 2.57. The zero-order valence-electron chi connectivity index (χ0n) is 5.19. The van der Waals surface area contributed by atoms with Gasteiger partial charge in [-0.2, -0.15) is 0 Å². The highest BCUT2D eigenvalue weighted by molar-refractivity contribution is 14.1. The van der Waals surface area contributed by atoms with Crippen LogP contribution in [-0.4, -0.2) is 16.4 Å².